The molecule has 1 aromatic carbocycles. The lowest BCUT2D eigenvalue weighted by Crippen LogP contribution is -2.51. The van der Waals surface area contributed by atoms with E-state index in [2.05, 4.69) is 16.7 Å². The Bertz CT molecular complexity index is 805. The molecule has 2 aromatic rings. The highest BCUT2D eigenvalue weighted by molar-refractivity contribution is 7.98. The largest absolute Gasteiger partial charge is 0.336 e. The van der Waals surface area contributed by atoms with E-state index < -0.39 is 30.0 Å². The van der Waals surface area contributed by atoms with Crippen molar-refractivity contribution in [3.63, 3.8) is 0 Å². The molecular formula is C20H21F2N3OS2. The Labute approximate surface area is 171 Å². The number of benzene rings is 1. The van der Waals surface area contributed by atoms with Crippen LogP contribution in [0.3, 0.4) is 0 Å². The van der Waals surface area contributed by atoms with E-state index in [1.165, 1.54) is 23.1 Å². The molecule has 1 amide bonds. The minimum atomic E-state index is -2.64. The fraction of sp³-hybridized carbons (Fsp3) is 0.400. The van der Waals surface area contributed by atoms with E-state index in [9.17, 15) is 18.8 Å². The summed E-state index contributed by atoms with van der Waals surface area (Å²) in [5, 5.41) is 16.5. The van der Waals surface area contributed by atoms with E-state index in [1.807, 2.05) is 30.3 Å². The number of nitrogens with zero attached hydrogens (tertiary/aromatic N) is 1. The number of thioether (sulfide) groups is 1. The van der Waals surface area contributed by atoms with Crippen LogP contribution in [0.25, 0.3) is 0 Å². The molecule has 4 nitrogen and oxygen atoms in total. The molecule has 0 radical (unpaired) electrons. The van der Waals surface area contributed by atoms with E-state index >= 15 is 0 Å². The van der Waals surface area contributed by atoms with Gasteiger partial charge in [0.25, 0.3) is 6.43 Å². The standard InChI is InChI=1S/C20H21F2N3OS2/c21-18(22)17(16-7-4-10-28-16)24-15(19(26)25-20(13-23)8-9-20)12-27-11-14-5-2-1-3-6-14/h1-7,10,15,17-18,24H,8-9,11-12H2,(H,25,26)/t15-,17-/m0/s1. The summed E-state index contributed by atoms with van der Waals surface area (Å²) in [5.74, 6) is 0.604. The second-order valence-corrected chi connectivity index (χ2v) is 8.74. The Morgan fingerprint density at radius 2 is 2.00 bits per heavy atom. The Balaban J connectivity index is 1.67. The van der Waals surface area contributed by atoms with Crippen molar-refractivity contribution in [3.05, 3.63) is 58.3 Å². The van der Waals surface area contributed by atoms with Crippen molar-refractivity contribution in [3.8, 4) is 6.07 Å². The predicted molar refractivity (Wildman–Crippen MR) is 108 cm³/mol. The van der Waals surface area contributed by atoms with Crippen LogP contribution >= 0.6 is 23.1 Å². The molecule has 0 unspecified atom stereocenters. The van der Waals surface area contributed by atoms with Crippen LogP contribution in [0.2, 0.25) is 0 Å². The number of carbonyl (C=O) groups excluding carboxylic acids is 1. The van der Waals surface area contributed by atoms with Gasteiger partial charge in [-0.25, -0.2) is 8.78 Å². The van der Waals surface area contributed by atoms with E-state index in [4.69, 9.17) is 0 Å². The van der Waals surface area contributed by atoms with Gasteiger partial charge in [0.15, 0.2) is 0 Å². The van der Waals surface area contributed by atoms with Crippen LogP contribution in [0.15, 0.2) is 47.8 Å². The number of halogens is 2. The van der Waals surface area contributed by atoms with Crippen molar-refractivity contribution >= 4 is 29.0 Å². The van der Waals surface area contributed by atoms with Crippen LogP contribution in [0, 0.1) is 11.3 Å². The minimum Gasteiger partial charge on any atom is -0.336 e. The molecule has 0 bridgehead atoms. The molecule has 1 heterocycles. The Morgan fingerprint density at radius 3 is 2.57 bits per heavy atom. The van der Waals surface area contributed by atoms with Crippen LogP contribution in [-0.2, 0) is 10.5 Å². The highest BCUT2D eigenvalue weighted by Crippen LogP contribution is 2.34. The van der Waals surface area contributed by atoms with Gasteiger partial charge in [0.05, 0.1) is 12.1 Å². The van der Waals surface area contributed by atoms with Gasteiger partial charge in [-0.2, -0.15) is 17.0 Å². The van der Waals surface area contributed by atoms with E-state index in [-0.39, 0.29) is 0 Å². The van der Waals surface area contributed by atoms with E-state index in [0.29, 0.717) is 29.2 Å². The lowest BCUT2D eigenvalue weighted by Gasteiger charge is -2.25. The number of hydrogen-bond acceptors (Lipinski definition) is 5. The maximum absolute atomic E-state index is 13.6. The summed E-state index contributed by atoms with van der Waals surface area (Å²) in [5.41, 5.74) is 0.274. The van der Waals surface area contributed by atoms with E-state index in [0.717, 1.165) is 5.56 Å². The zero-order valence-electron chi connectivity index (χ0n) is 15.1. The zero-order valence-corrected chi connectivity index (χ0v) is 16.7. The smallest absolute Gasteiger partial charge is 0.258 e. The summed E-state index contributed by atoms with van der Waals surface area (Å²) in [7, 11) is 0. The molecule has 1 fully saturated rings. The normalized spacial score (nSPS) is 16.9. The number of amides is 1. The maximum atomic E-state index is 13.6. The van der Waals surface area contributed by atoms with Crippen LogP contribution in [0.4, 0.5) is 8.78 Å². The van der Waals surface area contributed by atoms with Gasteiger partial charge in [0.1, 0.15) is 11.6 Å². The molecule has 28 heavy (non-hydrogen) atoms. The van der Waals surface area contributed by atoms with Gasteiger partial charge in [0, 0.05) is 16.4 Å². The van der Waals surface area contributed by atoms with E-state index in [1.54, 1.807) is 17.5 Å². The monoisotopic (exact) mass is 421 g/mol. The SMILES string of the molecule is N#CC1(NC(=O)[C@H](CSCc2ccccc2)N[C@@H](c2cccs2)C(F)F)CC1. The molecule has 0 spiro atoms. The van der Waals surface area contributed by atoms with Crippen molar-refractivity contribution in [2.45, 2.75) is 42.6 Å². The molecule has 1 aliphatic rings. The third-order valence-corrected chi connectivity index (χ3v) is 6.58. The summed E-state index contributed by atoms with van der Waals surface area (Å²) < 4.78 is 27.3. The van der Waals surface area contributed by atoms with Gasteiger partial charge in [-0.1, -0.05) is 36.4 Å². The number of nitrogens with one attached hydrogen (secondary N) is 2. The number of alkyl halides is 2. The molecule has 8 heteroatoms. The number of hydrogen-bond donors (Lipinski definition) is 2. The van der Waals surface area contributed by atoms with Crippen molar-refractivity contribution in [2.75, 3.05) is 5.75 Å². The highest BCUT2D eigenvalue weighted by atomic mass is 32.2. The number of thiophene rings is 1. The molecule has 1 aliphatic carbocycles. The molecular weight excluding hydrogens is 400 g/mol. The third kappa shape index (κ3) is 5.53. The highest BCUT2D eigenvalue weighted by Gasteiger charge is 2.46. The van der Waals surface area contributed by atoms with Gasteiger partial charge in [-0.15, -0.1) is 11.3 Å². The first-order valence-corrected chi connectivity index (χ1v) is 11.0. The van der Waals surface area contributed by atoms with Gasteiger partial charge in [-0.05, 0) is 29.9 Å². The molecule has 148 valence electrons. The number of nitriles is 1. The zero-order chi connectivity index (χ0) is 20.0. The lowest BCUT2D eigenvalue weighted by molar-refractivity contribution is -0.123. The average Bonchev–Trinajstić information content (AvgIpc) is 3.25. The van der Waals surface area contributed by atoms with Crippen molar-refractivity contribution in [1.29, 1.82) is 5.26 Å². The lowest BCUT2D eigenvalue weighted by atomic mass is 10.2. The van der Waals surface area contributed by atoms with Gasteiger partial charge in [0.2, 0.25) is 5.91 Å². The predicted octanol–water partition coefficient (Wildman–Crippen LogP) is 4.12. The van der Waals surface area contributed by atoms with Crippen LogP contribution < -0.4 is 10.6 Å². The van der Waals surface area contributed by atoms with Crippen molar-refractivity contribution in [2.24, 2.45) is 0 Å². The maximum Gasteiger partial charge on any atom is 0.258 e. The number of carbonyl (C=O) groups is 1. The first-order chi connectivity index (χ1) is 13.5. The van der Waals surface area contributed by atoms with Crippen LogP contribution in [-0.4, -0.2) is 29.7 Å². The third-order valence-electron chi connectivity index (χ3n) is 4.52. The fourth-order valence-electron chi connectivity index (χ4n) is 2.75. The summed E-state index contributed by atoms with van der Waals surface area (Å²) in [4.78, 5) is 13.2. The molecule has 1 aromatic heterocycles. The first kappa shape index (κ1) is 20.8. The molecule has 2 N–H and O–H groups in total. The van der Waals surface area contributed by atoms with Crippen LogP contribution in [0.5, 0.6) is 0 Å². The Morgan fingerprint density at radius 1 is 1.25 bits per heavy atom. The van der Waals surface area contributed by atoms with Gasteiger partial charge in [-0.3, -0.25) is 10.1 Å². The molecule has 0 aliphatic heterocycles. The second kappa shape index (κ2) is 9.50. The van der Waals surface area contributed by atoms with Crippen molar-refractivity contribution in [1.82, 2.24) is 10.6 Å². The molecule has 1 saturated carbocycles. The summed E-state index contributed by atoms with van der Waals surface area (Å²) in [6.07, 6.45) is -1.44. The van der Waals surface area contributed by atoms with Crippen LogP contribution in [0.1, 0.15) is 29.3 Å². The average molecular weight is 422 g/mol. The van der Waals surface area contributed by atoms with Gasteiger partial charge < -0.3 is 5.32 Å². The van der Waals surface area contributed by atoms with Gasteiger partial charge >= 0.3 is 0 Å². The second-order valence-electron chi connectivity index (χ2n) is 6.73. The minimum absolute atomic E-state index is 0.330. The quantitative estimate of drug-likeness (QED) is 0.606. The molecule has 3 rings (SSSR count). The Kier molecular flexibility index (Phi) is 7.05. The summed E-state index contributed by atoms with van der Waals surface area (Å²) >= 11 is 2.73. The fourth-order valence-corrected chi connectivity index (χ4v) is 4.56. The van der Waals surface area contributed by atoms with Crippen molar-refractivity contribution < 1.29 is 13.6 Å². The number of rotatable bonds is 10. The topological polar surface area (TPSA) is 64.9 Å². The Hall–Kier alpha value is -1.95. The first-order valence-electron chi connectivity index (χ1n) is 8.95. The molecule has 0 saturated heterocycles. The molecule has 2 atom stereocenters. The summed E-state index contributed by atoms with van der Waals surface area (Å²) in [6, 6.07) is 13.2. The summed E-state index contributed by atoms with van der Waals surface area (Å²) in [6.45, 7) is 0.